The van der Waals surface area contributed by atoms with Crippen molar-refractivity contribution in [1.29, 1.82) is 0 Å². The Hall–Kier alpha value is -3.36. The molecule has 0 atom stereocenters. The molecule has 1 amide bonds. The molecule has 0 saturated heterocycles. The number of anilines is 1. The summed E-state index contributed by atoms with van der Waals surface area (Å²) < 4.78 is 13.0. The van der Waals surface area contributed by atoms with E-state index in [0.29, 0.717) is 11.3 Å². The molecule has 2 aromatic rings. The van der Waals surface area contributed by atoms with Crippen LogP contribution in [0.25, 0.3) is 0 Å². The summed E-state index contributed by atoms with van der Waals surface area (Å²) in [5.74, 6) is -1.25. The molecule has 0 aliphatic heterocycles. The molecule has 0 saturated carbocycles. The fourth-order valence-corrected chi connectivity index (χ4v) is 1.90. The van der Waals surface area contributed by atoms with E-state index in [0.717, 1.165) is 24.3 Å². The summed E-state index contributed by atoms with van der Waals surface area (Å²) in [6, 6.07) is 6.29. The fraction of sp³-hybridized carbons (Fsp3) is 0.0714. The van der Waals surface area contributed by atoms with Crippen LogP contribution in [0, 0.1) is 33.0 Å². The second-order valence-corrected chi connectivity index (χ2v) is 4.67. The molecule has 118 valence electrons. The predicted octanol–water partition coefficient (Wildman–Crippen LogP) is 3.20. The summed E-state index contributed by atoms with van der Waals surface area (Å²) in [6.07, 6.45) is 0. The molecule has 0 fully saturated rings. The number of non-ortho nitro benzene ring substituents is 2. The number of nitrogens with one attached hydrogen (secondary N) is 1. The van der Waals surface area contributed by atoms with E-state index in [-0.39, 0.29) is 5.56 Å². The first-order valence-electron chi connectivity index (χ1n) is 6.29. The van der Waals surface area contributed by atoms with Gasteiger partial charge in [-0.3, -0.25) is 25.0 Å². The molecular formula is C14H10FN3O5. The number of nitro benzene ring substituents is 2. The topological polar surface area (TPSA) is 115 Å². The van der Waals surface area contributed by atoms with Crippen molar-refractivity contribution in [3.05, 3.63) is 73.6 Å². The van der Waals surface area contributed by atoms with Crippen molar-refractivity contribution in [2.45, 2.75) is 6.92 Å². The highest BCUT2D eigenvalue weighted by Gasteiger charge is 2.20. The number of carbonyl (C=O) groups excluding carboxylic acids is 1. The minimum Gasteiger partial charge on any atom is -0.322 e. The zero-order chi connectivity index (χ0) is 17.1. The Labute approximate surface area is 128 Å². The normalized spacial score (nSPS) is 10.2. The van der Waals surface area contributed by atoms with Crippen LogP contribution >= 0.6 is 0 Å². The number of carbonyl (C=O) groups is 1. The van der Waals surface area contributed by atoms with E-state index >= 15 is 0 Å². The maximum Gasteiger partial charge on any atom is 0.277 e. The maximum atomic E-state index is 13.0. The average Bonchev–Trinajstić information content (AvgIpc) is 2.49. The van der Waals surface area contributed by atoms with Crippen molar-refractivity contribution in [2.24, 2.45) is 0 Å². The molecular weight excluding hydrogens is 309 g/mol. The van der Waals surface area contributed by atoms with Crippen molar-refractivity contribution in [3.63, 3.8) is 0 Å². The van der Waals surface area contributed by atoms with Gasteiger partial charge in [0.25, 0.3) is 17.3 Å². The van der Waals surface area contributed by atoms with Crippen molar-refractivity contribution in [2.75, 3.05) is 5.32 Å². The van der Waals surface area contributed by atoms with Crippen molar-refractivity contribution < 1.29 is 19.0 Å². The number of aryl methyl sites for hydroxylation is 1. The Balaban J connectivity index is 2.38. The van der Waals surface area contributed by atoms with Gasteiger partial charge >= 0.3 is 0 Å². The van der Waals surface area contributed by atoms with Crippen LogP contribution in [0.3, 0.4) is 0 Å². The molecule has 23 heavy (non-hydrogen) atoms. The van der Waals surface area contributed by atoms with Crippen LogP contribution < -0.4 is 5.32 Å². The van der Waals surface area contributed by atoms with E-state index in [1.165, 1.54) is 12.1 Å². The van der Waals surface area contributed by atoms with Crippen molar-refractivity contribution in [3.8, 4) is 0 Å². The van der Waals surface area contributed by atoms with Crippen LogP contribution in [-0.4, -0.2) is 15.8 Å². The van der Waals surface area contributed by atoms with Gasteiger partial charge in [-0.05, 0) is 30.7 Å². The van der Waals surface area contributed by atoms with Crippen LogP contribution in [0.2, 0.25) is 0 Å². The first kappa shape index (κ1) is 16.0. The monoisotopic (exact) mass is 319 g/mol. The van der Waals surface area contributed by atoms with Gasteiger partial charge in [-0.2, -0.15) is 0 Å². The van der Waals surface area contributed by atoms with Crippen molar-refractivity contribution >= 4 is 23.0 Å². The minimum absolute atomic E-state index is 0.241. The third-order valence-electron chi connectivity index (χ3n) is 3.02. The number of amides is 1. The van der Waals surface area contributed by atoms with Gasteiger partial charge in [0.2, 0.25) is 0 Å². The van der Waals surface area contributed by atoms with Gasteiger partial charge < -0.3 is 5.32 Å². The Kier molecular flexibility index (Phi) is 4.30. The van der Waals surface area contributed by atoms with Gasteiger partial charge in [-0.1, -0.05) is 0 Å². The highest BCUT2D eigenvalue weighted by Crippen LogP contribution is 2.24. The number of hydrogen-bond acceptors (Lipinski definition) is 5. The highest BCUT2D eigenvalue weighted by molar-refractivity contribution is 6.05. The molecule has 0 aliphatic rings. The van der Waals surface area contributed by atoms with Gasteiger partial charge in [0.1, 0.15) is 5.82 Å². The first-order valence-corrected chi connectivity index (χ1v) is 6.29. The maximum absolute atomic E-state index is 13.0. The SMILES string of the molecule is Cc1cc(F)ccc1NC(=O)c1cc([N+](=O)[O-])cc([N+](=O)[O-])c1. The first-order chi connectivity index (χ1) is 10.8. The van der Waals surface area contributed by atoms with E-state index in [1.54, 1.807) is 6.92 Å². The summed E-state index contributed by atoms with van der Waals surface area (Å²) >= 11 is 0. The molecule has 0 heterocycles. The second kappa shape index (κ2) is 6.18. The summed E-state index contributed by atoms with van der Waals surface area (Å²) in [5.41, 5.74) is -0.640. The number of rotatable bonds is 4. The van der Waals surface area contributed by atoms with E-state index in [2.05, 4.69) is 5.32 Å². The molecule has 0 bridgehead atoms. The third-order valence-corrected chi connectivity index (χ3v) is 3.02. The molecule has 1 N–H and O–H groups in total. The van der Waals surface area contributed by atoms with E-state index in [9.17, 15) is 29.4 Å². The van der Waals surface area contributed by atoms with Crippen LogP contribution in [0.4, 0.5) is 21.5 Å². The molecule has 8 nitrogen and oxygen atoms in total. The molecule has 2 rings (SSSR count). The van der Waals surface area contributed by atoms with Gasteiger partial charge in [0.05, 0.1) is 21.5 Å². The largest absolute Gasteiger partial charge is 0.322 e. The van der Waals surface area contributed by atoms with E-state index in [4.69, 9.17) is 0 Å². The Morgan fingerprint density at radius 2 is 1.61 bits per heavy atom. The lowest BCUT2D eigenvalue weighted by atomic mass is 10.1. The zero-order valence-corrected chi connectivity index (χ0v) is 11.8. The number of hydrogen-bond donors (Lipinski definition) is 1. The smallest absolute Gasteiger partial charge is 0.277 e. The molecule has 0 spiro atoms. The second-order valence-electron chi connectivity index (χ2n) is 4.67. The third kappa shape index (κ3) is 3.64. The molecule has 0 unspecified atom stereocenters. The predicted molar refractivity (Wildman–Crippen MR) is 78.8 cm³/mol. The lowest BCUT2D eigenvalue weighted by Crippen LogP contribution is -2.13. The molecule has 0 aliphatic carbocycles. The van der Waals surface area contributed by atoms with Gasteiger partial charge in [0.15, 0.2) is 0 Å². The van der Waals surface area contributed by atoms with Gasteiger partial charge in [0, 0.05) is 17.8 Å². The molecule has 0 radical (unpaired) electrons. The number of nitrogens with zero attached hydrogens (tertiary/aromatic N) is 2. The van der Waals surface area contributed by atoms with Gasteiger partial charge in [-0.15, -0.1) is 0 Å². The van der Waals surface area contributed by atoms with Crippen LogP contribution in [0.5, 0.6) is 0 Å². The summed E-state index contributed by atoms with van der Waals surface area (Å²) in [4.78, 5) is 32.1. The number of benzene rings is 2. The quantitative estimate of drug-likeness (QED) is 0.686. The Morgan fingerprint density at radius 1 is 1.04 bits per heavy atom. The van der Waals surface area contributed by atoms with Gasteiger partial charge in [-0.25, -0.2) is 4.39 Å². The van der Waals surface area contributed by atoms with E-state index < -0.39 is 32.9 Å². The van der Waals surface area contributed by atoms with E-state index in [1.807, 2.05) is 0 Å². The number of nitro groups is 2. The van der Waals surface area contributed by atoms with Crippen molar-refractivity contribution in [1.82, 2.24) is 0 Å². The molecule has 2 aromatic carbocycles. The summed E-state index contributed by atoms with van der Waals surface area (Å²) in [5, 5.41) is 24.1. The summed E-state index contributed by atoms with van der Waals surface area (Å²) in [7, 11) is 0. The fourth-order valence-electron chi connectivity index (χ4n) is 1.90. The average molecular weight is 319 g/mol. The lowest BCUT2D eigenvalue weighted by molar-refractivity contribution is -0.394. The van der Waals surface area contributed by atoms with Crippen LogP contribution in [0.15, 0.2) is 36.4 Å². The molecule has 0 aromatic heterocycles. The number of halogens is 1. The zero-order valence-electron chi connectivity index (χ0n) is 11.8. The Bertz CT molecular complexity index is 790. The highest BCUT2D eigenvalue weighted by atomic mass is 19.1. The minimum atomic E-state index is -0.826. The molecule has 9 heteroatoms. The standard InChI is InChI=1S/C14H10FN3O5/c1-8-4-10(15)2-3-13(8)16-14(19)9-5-11(17(20)21)7-12(6-9)18(22)23/h2-7H,1H3,(H,16,19). The van der Waals surface area contributed by atoms with Crippen LogP contribution in [0.1, 0.15) is 15.9 Å². The van der Waals surface area contributed by atoms with Crippen LogP contribution in [-0.2, 0) is 0 Å². The lowest BCUT2D eigenvalue weighted by Gasteiger charge is -2.08. The Morgan fingerprint density at radius 3 is 2.09 bits per heavy atom. The summed E-state index contributed by atoms with van der Waals surface area (Å²) in [6.45, 7) is 1.56.